The standard InChI is InChI=1S/C9H7ClN4O2S/c1-14-9(11-12-13-14)17-6-4-2-3-5(10)7(6)8(15)16/h2-4H,1H3,(H,15,16). The number of benzene rings is 1. The van der Waals surface area contributed by atoms with Gasteiger partial charge in [0.2, 0.25) is 5.16 Å². The molecule has 1 N–H and O–H groups in total. The molecule has 0 spiro atoms. The van der Waals surface area contributed by atoms with Crippen molar-refractivity contribution >= 4 is 29.3 Å². The summed E-state index contributed by atoms with van der Waals surface area (Å²) in [7, 11) is 1.67. The summed E-state index contributed by atoms with van der Waals surface area (Å²) in [6.45, 7) is 0. The Labute approximate surface area is 106 Å². The first kappa shape index (κ1) is 11.9. The minimum atomic E-state index is -1.08. The molecule has 0 aliphatic rings. The van der Waals surface area contributed by atoms with Gasteiger partial charge in [0.1, 0.15) is 0 Å². The second-order valence-electron chi connectivity index (χ2n) is 3.11. The van der Waals surface area contributed by atoms with Crippen LogP contribution in [0.3, 0.4) is 0 Å². The Balaban J connectivity index is 2.43. The van der Waals surface area contributed by atoms with Crippen LogP contribution in [0.25, 0.3) is 0 Å². The maximum Gasteiger partial charge on any atom is 0.338 e. The van der Waals surface area contributed by atoms with Crippen molar-refractivity contribution in [3.8, 4) is 0 Å². The molecular formula is C9H7ClN4O2S. The van der Waals surface area contributed by atoms with Crippen molar-refractivity contribution in [3.63, 3.8) is 0 Å². The molecular weight excluding hydrogens is 264 g/mol. The fourth-order valence-electron chi connectivity index (χ4n) is 1.20. The van der Waals surface area contributed by atoms with Gasteiger partial charge in [0, 0.05) is 11.9 Å². The summed E-state index contributed by atoms with van der Waals surface area (Å²) < 4.78 is 1.46. The Morgan fingerprint density at radius 1 is 1.53 bits per heavy atom. The molecule has 2 rings (SSSR count). The fourth-order valence-corrected chi connectivity index (χ4v) is 2.40. The second-order valence-corrected chi connectivity index (χ2v) is 4.52. The normalized spacial score (nSPS) is 10.5. The summed E-state index contributed by atoms with van der Waals surface area (Å²) in [5, 5.41) is 20.7. The van der Waals surface area contributed by atoms with Crippen LogP contribution in [-0.2, 0) is 7.05 Å². The quantitative estimate of drug-likeness (QED) is 0.914. The molecule has 17 heavy (non-hydrogen) atoms. The number of hydrogen-bond acceptors (Lipinski definition) is 5. The van der Waals surface area contributed by atoms with Gasteiger partial charge in [0.15, 0.2) is 0 Å². The van der Waals surface area contributed by atoms with Gasteiger partial charge in [-0.2, -0.15) is 0 Å². The van der Waals surface area contributed by atoms with Gasteiger partial charge < -0.3 is 5.11 Å². The van der Waals surface area contributed by atoms with E-state index in [1.54, 1.807) is 19.2 Å². The molecule has 1 aromatic carbocycles. The van der Waals surface area contributed by atoms with Crippen LogP contribution in [-0.4, -0.2) is 31.3 Å². The first-order valence-corrected chi connectivity index (χ1v) is 5.71. The van der Waals surface area contributed by atoms with Crippen molar-refractivity contribution in [3.05, 3.63) is 28.8 Å². The molecule has 8 heteroatoms. The molecule has 0 saturated carbocycles. The van der Waals surface area contributed by atoms with Crippen LogP contribution in [0.2, 0.25) is 5.02 Å². The Hall–Kier alpha value is -1.60. The van der Waals surface area contributed by atoms with Gasteiger partial charge in [-0.1, -0.05) is 17.7 Å². The number of nitrogens with zero attached hydrogens (tertiary/aromatic N) is 4. The largest absolute Gasteiger partial charge is 0.478 e. The number of aromatic nitrogens is 4. The van der Waals surface area contributed by atoms with Crippen molar-refractivity contribution < 1.29 is 9.90 Å². The Bertz CT molecular complexity index is 572. The number of hydrogen-bond donors (Lipinski definition) is 1. The third-order valence-corrected chi connectivity index (χ3v) is 3.38. The zero-order valence-corrected chi connectivity index (χ0v) is 10.2. The highest BCUT2D eigenvalue weighted by molar-refractivity contribution is 7.99. The minimum absolute atomic E-state index is 0.0576. The number of tetrazole rings is 1. The van der Waals surface area contributed by atoms with Crippen LogP contribution in [0.15, 0.2) is 28.3 Å². The number of carboxylic acids is 1. The molecule has 0 aliphatic carbocycles. The van der Waals surface area contributed by atoms with E-state index in [2.05, 4.69) is 15.5 Å². The van der Waals surface area contributed by atoms with Crippen molar-refractivity contribution in [1.82, 2.24) is 20.2 Å². The van der Waals surface area contributed by atoms with Crippen molar-refractivity contribution in [1.29, 1.82) is 0 Å². The summed E-state index contributed by atoms with van der Waals surface area (Å²) in [4.78, 5) is 11.6. The van der Waals surface area contributed by atoms with Gasteiger partial charge in [-0.15, -0.1) is 5.10 Å². The molecule has 2 aromatic rings. The average Bonchev–Trinajstić information content (AvgIpc) is 2.64. The van der Waals surface area contributed by atoms with Crippen LogP contribution in [0.1, 0.15) is 10.4 Å². The van der Waals surface area contributed by atoms with E-state index in [0.717, 1.165) is 11.8 Å². The number of rotatable bonds is 3. The van der Waals surface area contributed by atoms with Crippen LogP contribution in [0, 0.1) is 0 Å². The fraction of sp³-hybridized carbons (Fsp3) is 0.111. The van der Waals surface area contributed by atoms with E-state index in [1.807, 2.05) is 0 Å². The molecule has 0 aliphatic heterocycles. The van der Waals surface area contributed by atoms with E-state index in [1.165, 1.54) is 10.7 Å². The Morgan fingerprint density at radius 3 is 2.88 bits per heavy atom. The molecule has 0 unspecified atom stereocenters. The first-order chi connectivity index (χ1) is 8.09. The van der Waals surface area contributed by atoms with Crippen molar-refractivity contribution in [2.24, 2.45) is 7.05 Å². The summed E-state index contributed by atoms with van der Waals surface area (Å²) in [5.41, 5.74) is 0.0576. The maximum absolute atomic E-state index is 11.1. The van der Waals surface area contributed by atoms with Crippen LogP contribution < -0.4 is 0 Å². The van der Waals surface area contributed by atoms with Crippen LogP contribution >= 0.6 is 23.4 Å². The second kappa shape index (κ2) is 4.72. The van der Waals surface area contributed by atoms with E-state index in [9.17, 15) is 4.79 Å². The number of carboxylic acid groups (broad SMARTS) is 1. The summed E-state index contributed by atoms with van der Waals surface area (Å²) in [6, 6.07) is 4.87. The van der Waals surface area contributed by atoms with Gasteiger partial charge in [-0.25, -0.2) is 9.48 Å². The van der Waals surface area contributed by atoms with Gasteiger partial charge in [-0.3, -0.25) is 0 Å². The monoisotopic (exact) mass is 270 g/mol. The highest BCUT2D eigenvalue weighted by Crippen LogP contribution is 2.32. The van der Waals surface area contributed by atoms with E-state index in [-0.39, 0.29) is 10.6 Å². The van der Waals surface area contributed by atoms with Crippen molar-refractivity contribution in [2.45, 2.75) is 10.1 Å². The lowest BCUT2D eigenvalue weighted by Crippen LogP contribution is -2.01. The number of carbonyl (C=O) groups is 1. The Kier molecular flexibility index (Phi) is 3.30. The molecule has 0 amide bonds. The van der Waals surface area contributed by atoms with Crippen molar-refractivity contribution in [2.75, 3.05) is 0 Å². The van der Waals surface area contributed by atoms with Gasteiger partial charge in [0.25, 0.3) is 0 Å². The minimum Gasteiger partial charge on any atom is -0.478 e. The smallest absolute Gasteiger partial charge is 0.338 e. The zero-order valence-electron chi connectivity index (χ0n) is 8.66. The summed E-state index contributed by atoms with van der Waals surface area (Å²) in [5.74, 6) is -1.08. The molecule has 88 valence electrons. The lowest BCUT2D eigenvalue weighted by molar-refractivity contribution is 0.0693. The lowest BCUT2D eigenvalue weighted by Gasteiger charge is -2.05. The molecule has 0 bridgehead atoms. The predicted octanol–water partition coefficient (Wildman–Crippen LogP) is 1.71. The van der Waals surface area contributed by atoms with E-state index < -0.39 is 5.97 Å². The summed E-state index contributed by atoms with van der Waals surface area (Å²) >= 11 is 7.00. The topological polar surface area (TPSA) is 80.9 Å². The van der Waals surface area contributed by atoms with Gasteiger partial charge in [0.05, 0.1) is 10.6 Å². The van der Waals surface area contributed by atoms with E-state index >= 15 is 0 Å². The van der Waals surface area contributed by atoms with E-state index in [0.29, 0.717) is 10.1 Å². The molecule has 0 saturated heterocycles. The maximum atomic E-state index is 11.1. The highest BCUT2D eigenvalue weighted by Gasteiger charge is 2.17. The first-order valence-electron chi connectivity index (χ1n) is 4.51. The number of aromatic carboxylic acids is 1. The molecule has 0 fully saturated rings. The third-order valence-electron chi connectivity index (χ3n) is 1.97. The molecule has 0 atom stereocenters. The molecule has 1 aromatic heterocycles. The molecule has 1 heterocycles. The van der Waals surface area contributed by atoms with Crippen LogP contribution in [0.4, 0.5) is 0 Å². The zero-order chi connectivity index (χ0) is 12.4. The highest BCUT2D eigenvalue weighted by atomic mass is 35.5. The average molecular weight is 271 g/mol. The third kappa shape index (κ3) is 2.40. The predicted molar refractivity (Wildman–Crippen MR) is 61.3 cm³/mol. The SMILES string of the molecule is Cn1nnnc1Sc1cccc(Cl)c1C(=O)O. The number of halogens is 1. The Morgan fingerprint density at radius 2 is 2.29 bits per heavy atom. The number of aryl methyl sites for hydroxylation is 1. The van der Waals surface area contributed by atoms with Gasteiger partial charge in [-0.05, 0) is 34.3 Å². The van der Waals surface area contributed by atoms with E-state index in [4.69, 9.17) is 16.7 Å². The van der Waals surface area contributed by atoms with Crippen LogP contribution in [0.5, 0.6) is 0 Å². The molecule has 6 nitrogen and oxygen atoms in total. The summed E-state index contributed by atoms with van der Waals surface area (Å²) in [6.07, 6.45) is 0. The molecule has 0 radical (unpaired) electrons. The van der Waals surface area contributed by atoms with Gasteiger partial charge >= 0.3 is 5.97 Å². The lowest BCUT2D eigenvalue weighted by atomic mass is 10.2.